The SMILES string of the molecule is CC(C)Oc1ccccc1CNC(=O)CCn1cnc2ccccc2c1=O. The first-order valence-corrected chi connectivity index (χ1v) is 9.00. The van der Waals surface area contributed by atoms with Crippen LogP contribution in [-0.4, -0.2) is 21.6 Å². The van der Waals surface area contributed by atoms with Gasteiger partial charge in [-0.25, -0.2) is 4.98 Å². The Morgan fingerprint density at radius 2 is 1.89 bits per heavy atom. The molecule has 0 saturated carbocycles. The number of benzene rings is 2. The number of nitrogens with zero attached hydrogens (tertiary/aromatic N) is 2. The first kappa shape index (κ1) is 18.6. The zero-order valence-electron chi connectivity index (χ0n) is 15.5. The molecule has 0 bridgehead atoms. The molecule has 0 atom stereocenters. The van der Waals surface area contributed by atoms with Crippen LogP contribution in [-0.2, 0) is 17.9 Å². The molecular formula is C21H23N3O3. The molecule has 1 N–H and O–H groups in total. The Bertz CT molecular complexity index is 995. The zero-order valence-corrected chi connectivity index (χ0v) is 15.5. The Hall–Kier alpha value is -3.15. The van der Waals surface area contributed by atoms with Gasteiger partial charge in [0.05, 0.1) is 23.3 Å². The fourth-order valence-electron chi connectivity index (χ4n) is 2.79. The van der Waals surface area contributed by atoms with Crippen molar-refractivity contribution >= 4 is 16.8 Å². The van der Waals surface area contributed by atoms with Crippen LogP contribution in [0.2, 0.25) is 0 Å². The number of aromatic nitrogens is 2. The molecule has 140 valence electrons. The third-order valence-corrected chi connectivity index (χ3v) is 4.12. The Labute approximate surface area is 157 Å². The first-order chi connectivity index (χ1) is 13.0. The minimum absolute atomic E-state index is 0.0640. The lowest BCUT2D eigenvalue weighted by atomic mass is 10.2. The second kappa shape index (κ2) is 8.49. The summed E-state index contributed by atoms with van der Waals surface area (Å²) in [4.78, 5) is 28.9. The van der Waals surface area contributed by atoms with E-state index in [9.17, 15) is 9.59 Å². The van der Waals surface area contributed by atoms with E-state index < -0.39 is 0 Å². The monoisotopic (exact) mass is 365 g/mol. The summed E-state index contributed by atoms with van der Waals surface area (Å²) in [6.45, 7) is 4.59. The fourth-order valence-corrected chi connectivity index (χ4v) is 2.79. The van der Waals surface area contributed by atoms with Crippen LogP contribution in [0.25, 0.3) is 10.9 Å². The van der Waals surface area contributed by atoms with Crippen LogP contribution < -0.4 is 15.6 Å². The van der Waals surface area contributed by atoms with Crippen molar-refractivity contribution in [2.45, 2.75) is 39.5 Å². The van der Waals surface area contributed by atoms with Crippen LogP contribution in [0.5, 0.6) is 5.75 Å². The molecule has 1 heterocycles. The highest BCUT2D eigenvalue weighted by molar-refractivity contribution is 5.77. The lowest BCUT2D eigenvalue weighted by Crippen LogP contribution is -2.27. The number of hydrogen-bond donors (Lipinski definition) is 1. The minimum Gasteiger partial charge on any atom is -0.491 e. The van der Waals surface area contributed by atoms with Gasteiger partial charge in [-0.3, -0.25) is 14.2 Å². The van der Waals surface area contributed by atoms with E-state index in [4.69, 9.17) is 4.74 Å². The van der Waals surface area contributed by atoms with E-state index in [0.717, 1.165) is 11.3 Å². The van der Waals surface area contributed by atoms with Gasteiger partial charge in [0.1, 0.15) is 5.75 Å². The van der Waals surface area contributed by atoms with E-state index >= 15 is 0 Å². The normalized spacial score (nSPS) is 10.9. The maximum atomic E-state index is 12.4. The van der Waals surface area contributed by atoms with E-state index in [1.165, 1.54) is 10.9 Å². The van der Waals surface area contributed by atoms with Crippen molar-refractivity contribution in [3.63, 3.8) is 0 Å². The second-order valence-corrected chi connectivity index (χ2v) is 6.56. The van der Waals surface area contributed by atoms with Gasteiger partial charge in [0.15, 0.2) is 0 Å². The lowest BCUT2D eigenvalue weighted by molar-refractivity contribution is -0.121. The summed E-state index contributed by atoms with van der Waals surface area (Å²) >= 11 is 0. The predicted molar refractivity (Wildman–Crippen MR) is 105 cm³/mol. The van der Waals surface area contributed by atoms with Crippen LogP contribution in [0.15, 0.2) is 59.7 Å². The summed E-state index contributed by atoms with van der Waals surface area (Å²) in [5.41, 5.74) is 1.44. The van der Waals surface area contributed by atoms with E-state index in [1.807, 2.05) is 44.2 Å². The standard InChI is InChI=1S/C21H23N3O3/c1-15(2)27-19-10-6-3-7-16(19)13-22-20(25)11-12-24-14-23-18-9-5-4-8-17(18)21(24)26/h3-10,14-15H,11-13H2,1-2H3,(H,22,25). The number of amides is 1. The third-order valence-electron chi connectivity index (χ3n) is 4.12. The molecule has 0 aliphatic rings. The van der Waals surface area contributed by atoms with Gasteiger partial charge in [0.25, 0.3) is 5.56 Å². The molecule has 0 aliphatic carbocycles. The summed E-state index contributed by atoms with van der Waals surface area (Å²) in [6, 6.07) is 14.8. The molecule has 3 rings (SSSR count). The molecule has 0 radical (unpaired) electrons. The molecule has 1 aromatic heterocycles. The number of ether oxygens (including phenoxy) is 1. The van der Waals surface area contributed by atoms with Gasteiger partial charge in [0.2, 0.25) is 5.91 Å². The number of fused-ring (bicyclic) bond motifs is 1. The zero-order chi connectivity index (χ0) is 19.2. The number of nitrogens with one attached hydrogen (secondary N) is 1. The van der Waals surface area contributed by atoms with Crippen molar-refractivity contribution < 1.29 is 9.53 Å². The summed E-state index contributed by atoms with van der Waals surface area (Å²) in [5.74, 6) is 0.636. The molecule has 0 unspecified atom stereocenters. The van der Waals surface area contributed by atoms with E-state index in [-0.39, 0.29) is 30.5 Å². The Morgan fingerprint density at radius 3 is 2.70 bits per heavy atom. The molecule has 6 heteroatoms. The van der Waals surface area contributed by atoms with E-state index in [2.05, 4.69) is 10.3 Å². The Morgan fingerprint density at radius 1 is 1.15 bits per heavy atom. The summed E-state index contributed by atoms with van der Waals surface area (Å²) in [7, 11) is 0. The van der Waals surface area contributed by atoms with Crippen molar-refractivity contribution in [2.24, 2.45) is 0 Å². The van der Waals surface area contributed by atoms with Gasteiger partial charge in [-0.2, -0.15) is 0 Å². The highest BCUT2D eigenvalue weighted by Crippen LogP contribution is 2.19. The number of rotatable bonds is 7. The van der Waals surface area contributed by atoms with Crippen LogP contribution in [0.1, 0.15) is 25.8 Å². The maximum Gasteiger partial charge on any atom is 0.261 e. The summed E-state index contributed by atoms with van der Waals surface area (Å²) < 4.78 is 7.23. The highest BCUT2D eigenvalue weighted by Gasteiger charge is 2.09. The van der Waals surface area contributed by atoms with E-state index in [0.29, 0.717) is 17.4 Å². The van der Waals surface area contributed by atoms with Gasteiger partial charge in [-0.05, 0) is 32.0 Å². The van der Waals surface area contributed by atoms with Crippen molar-refractivity contribution in [3.05, 3.63) is 70.8 Å². The number of aryl methyl sites for hydroxylation is 1. The molecule has 0 spiro atoms. The third kappa shape index (κ3) is 4.73. The fraction of sp³-hybridized carbons (Fsp3) is 0.286. The van der Waals surface area contributed by atoms with Gasteiger partial charge >= 0.3 is 0 Å². The molecule has 2 aromatic carbocycles. The summed E-state index contributed by atoms with van der Waals surface area (Å²) in [5, 5.41) is 3.44. The molecule has 0 aliphatic heterocycles. The van der Waals surface area contributed by atoms with Crippen LogP contribution in [0.3, 0.4) is 0 Å². The van der Waals surface area contributed by atoms with Gasteiger partial charge in [-0.1, -0.05) is 30.3 Å². The molecule has 3 aromatic rings. The smallest absolute Gasteiger partial charge is 0.261 e. The number of carbonyl (C=O) groups excluding carboxylic acids is 1. The lowest BCUT2D eigenvalue weighted by Gasteiger charge is -2.14. The van der Waals surface area contributed by atoms with Crippen LogP contribution >= 0.6 is 0 Å². The first-order valence-electron chi connectivity index (χ1n) is 9.00. The number of para-hydroxylation sites is 2. The van der Waals surface area contributed by atoms with Gasteiger partial charge in [-0.15, -0.1) is 0 Å². The second-order valence-electron chi connectivity index (χ2n) is 6.56. The Balaban J connectivity index is 1.60. The molecular weight excluding hydrogens is 342 g/mol. The van der Waals surface area contributed by atoms with Crippen molar-refractivity contribution in [2.75, 3.05) is 0 Å². The molecule has 6 nitrogen and oxygen atoms in total. The van der Waals surface area contributed by atoms with Crippen LogP contribution in [0.4, 0.5) is 0 Å². The largest absolute Gasteiger partial charge is 0.491 e. The minimum atomic E-state index is -0.135. The quantitative estimate of drug-likeness (QED) is 0.699. The van der Waals surface area contributed by atoms with Crippen molar-refractivity contribution in [1.82, 2.24) is 14.9 Å². The summed E-state index contributed by atoms with van der Waals surface area (Å²) in [6.07, 6.45) is 1.76. The highest BCUT2D eigenvalue weighted by atomic mass is 16.5. The number of carbonyl (C=O) groups is 1. The van der Waals surface area contributed by atoms with Gasteiger partial charge in [0, 0.05) is 25.1 Å². The average Bonchev–Trinajstić information content (AvgIpc) is 2.66. The van der Waals surface area contributed by atoms with E-state index in [1.54, 1.807) is 18.2 Å². The topological polar surface area (TPSA) is 73.2 Å². The van der Waals surface area contributed by atoms with Crippen LogP contribution in [0, 0.1) is 0 Å². The molecule has 1 amide bonds. The molecule has 0 saturated heterocycles. The number of hydrogen-bond acceptors (Lipinski definition) is 4. The molecule has 27 heavy (non-hydrogen) atoms. The van der Waals surface area contributed by atoms with Crippen molar-refractivity contribution in [1.29, 1.82) is 0 Å². The predicted octanol–water partition coefficient (Wildman–Crippen LogP) is 2.89. The molecule has 0 fully saturated rings. The Kier molecular flexibility index (Phi) is 5.86. The van der Waals surface area contributed by atoms with Crippen molar-refractivity contribution in [3.8, 4) is 5.75 Å². The average molecular weight is 365 g/mol. The maximum absolute atomic E-state index is 12.4. The van der Waals surface area contributed by atoms with Gasteiger partial charge < -0.3 is 10.1 Å².